The maximum Gasteiger partial charge on any atom is 0.165 e. The molecule has 0 saturated heterocycles. The molecule has 0 aliphatic carbocycles. The van der Waals surface area contributed by atoms with Gasteiger partial charge in [-0.25, -0.2) is 0 Å². The van der Waals surface area contributed by atoms with Crippen molar-refractivity contribution in [2.24, 2.45) is 0 Å². The van der Waals surface area contributed by atoms with E-state index in [2.05, 4.69) is 84.1 Å². The number of allylic oxidation sites excluding steroid dienone is 1. The number of aryl methyl sites for hydroxylation is 1. The van der Waals surface area contributed by atoms with Crippen LogP contribution in [0.5, 0.6) is 11.5 Å². The minimum Gasteiger partial charge on any atom is -0.490 e. The minimum atomic E-state index is 0.484. The van der Waals surface area contributed by atoms with Gasteiger partial charge in [0, 0.05) is 22.3 Å². The van der Waals surface area contributed by atoms with E-state index in [1.54, 1.807) is 0 Å². The molecule has 0 bridgehead atoms. The fourth-order valence-electron chi connectivity index (χ4n) is 3.43. The van der Waals surface area contributed by atoms with Gasteiger partial charge >= 0.3 is 0 Å². The third-order valence-corrected chi connectivity index (χ3v) is 5.77. The first-order valence-electron chi connectivity index (χ1n) is 10.6. The molecule has 4 heteroatoms. The van der Waals surface area contributed by atoms with Crippen molar-refractivity contribution in [2.75, 3.05) is 11.9 Å². The van der Waals surface area contributed by atoms with E-state index in [1.165, 1.54) is 11.1 Å². The Morgan fingerprint density at radius 2 is 1.77 bits per heavy atom. The molecule has 1 N–H and O–H groups in total. The summed E-state index contributed by atoms with van der Waals surface area (Å²) in [4.78, 5) is 0. The summed E-state index contributed by atoms with van der Waals surface area (Å²) in [6, 6.07) is 18.7. The second kappa shape index (κ2) is 11.1. The van der Waals surface area contributed by atoms with Gasteiger partial charge in [0.2, 0.25) is 0 Å². The highest BCUT2D eigenvalue weighted by molar-refractivity contribution is 9.10. The molecule has 0 radical (unpaired) electrons. The molecule has 3 nitrogen and oxygen atoms in total. The van der Waals surface area contributed by atoms with Crippen molar-refractivity contribution in [3.8, 4) is 11.5 Å². The zero-order valence-corrected chi connectivity index (χ0v) is 20.1. The Labute approximate surface area is 194 Å². The molecule has 0 saturated carbocycles. The molecule has 0 aliphatic heterocycles. The van der Waals surface area contributed by atoms with Crippen molar-refractivity contribution < 1.29 is 9.47 Å². The normalized spacial score (nSPS) is 10.6. The SMILES string of the molecule is C=CCc1cc(CNc2cccc(C)c2C)cc(OCC)c1OCc1ccc(Br)cc1. The third-order valence-electron chi connectivity index (χ3n) is 5.24. The molecule has 0 amide bonds. The summed E-state index contributed by atoms with van der Waals surface area (Å²) < 4.78 is 13.3. The van der Waals surface area contributed by atoms with Crippen molar-refractivity contribution >= 4 is 21.6 Å². The lowest BCUT2D eigenvalue weighted by molar-refractivity contribution is 0.267. The van der Waals surface area contributed by atoms with Gasteiger partial charge in [-0.2, -0.15) is 0 Å². The van der Waals surface area contributed by atoms with Crippen LogP contribution in [0.15, 0.2) is 71.7 Å². The first-order valence-corrected chi connectivity index (χ1v) is 11.4. The van der Waals surface area contributed by atoms with Crippen LogP contribution < -0.4 is 14.8 Å². The Kier molecular flexibility index (Phi) is 8.19. The summed E-state index contributed by atoms with van der Waals surface area (Å²) in [5.41, 5.74) is 7.04. The third kappa shape index (κ3) is 6.14. The second-order valence-corrected chi connectivity index (χ2v) is 8.44. The molecule has 3 rings (SSSR count). The fourth-order valence-corrected chi connectivity index (χ4v) is 3.70. The van der Waals surface area contributed by atoms with E-state index < -0.39 is 0 Å². The molecule has 31 heavy (non-hydrogen) atoms. The Morgan fingerprint density at radius 3 is 2.48 bits per heavy atom. The molecule has 0 aliphatic rings. The lowest BCUT2D eigenvalue weighted by atomic mass is 10.0. The van der Waals surface area contributed by atoms with Crippen LogP contribution in [0, 0.1) is 13.8 Å². The van der Waals surface area contributed by atoms with Crippen molar-refractivity contribution in [1.29, 1.82) is 0 Å². The predicted molar refractivity (Wildman–Crippen MR) is 133 cm³/mol. The van der Waals surface area contributed by atoms with E-state index in [0.29, 0.717) is 26.2 Å². The van der Waals surface area contributed by atoms with Gasteiger partial charge in [0.25, 0.3) is 0 Å². The van der Waals surface area contributed by atoms with Crippen LogP contribution in [0.3, 0.4) is 0 Å². The zero-order chi connectivity index (χ0) is 22.2. The van der Waals surface area contributed by atoms with Gasteiger partial charge in [0.15, 0.2) is 11.5 Å². The average molecular weight is 480 g/mol. The Bertz CT molecular complexity index is 1030. The summed E-state index contributed by atoms with van der Waals surface area (Å²) in [7, 11) is 0. The summed E-state index contributed by atoms with van der Waals surface area (Å²) in [5.74, 6) is 1.57. The largest absolute Gasteiger partial charge is 0.490 e. The number of ether oxygens (including phenoxy) is 2. The molecule has 0 heterocycles. The Hall–Kier alpha value is -2.72. The molecule has 162 valence electrons. The van der Waals surface area contributed by atoms with Crippen LogP contribution in [0.2, 0.25) is 0 Å². The topological polar surface area (TPSA) is 30.5 Å². The molecule has 3 aromatic rings. The van der Waals surface area contributed by atoms with Crippen molar-refractivity contribution in [3.63, 3.8) is 0 Å². The number of anilines is 1. The number of benzene rings is 3. The highest BCUT2D eigenvalue weighted by Gasteiger charge is 2.14. The minimum absolute atomic E-state index is 0.484. The van der Waals surface area contributed by atoms with Gasteiger partial charge in [0.05, 0.1) is 6.61 Å². The molecule has 0 unspecified atom stereocenters. The van der Waals surface area contributed by atoms with Gasteiger partial charge in [-0.05, 0) is 79.8 Å². The molecule has 0 atom stereocenters. The van der Waals surface area contributed by atoms with Crippen molar-refractivity contribution in [2.45, 2.75) is 40.3 Å². The molecule has 3 aromatic carbocycles. The predicted octanol–water partition coefficient (Wildman–Crippen LogP) is 7.38. The van der Waals surface area contributed by atoms with Crippen LogP contribution in [0.1, 0.15) is 34.7 Å². The molecule has 0 spiro atoms. The van der Waals surface area contributed by atoms with Gasteiger partial charge in [-0.1, -0.05) is 46.3 Å². The van der Waals surface area contributed by atoms with Gasteiger partial charge < -0.3 is 14.8 Å². The number of halogens is 1. The summed E-state index contributed by atoms with van der Waals surface area (Å²) in [6.07, 6.45) is 2.62. The van der Waals surface area contributed by atoms with E-state index in [0.717, 1.165) is 38.3 Å². The van der Waals surface area contributed by atoms with Crippen molar-refractivity contribution in [3.05, 3.63) is 99.5 Å². The van der Waals surface area contributed by atoms with E-state index in [4.69, 9.17) is 9.47 Å². The highest BCUT2D eigenvalue weighted by atomic mass is 79.9. The fraction of sp³-hybridized carbons (Fsp3) is 0.259. The smallest absolute Gasteiger partial charge is 0.165 e. The van der Waals surface area contributed by atoms with E-state index >= 15 is 0 Å². The van der Waals surface area contributed by atoms with Crippen molar-refractivity contribution in [1.82, 2.24) is 0 Å². The molecule has 0 fully saturated rings. The van der Waals surface area contributed by atoms with E-state index in [-0.39, 0.29) is 0 Å². The summed E-state index contributed by atoms with van der Waals surface area (Å²) in [5, 5.41) is 3.56. The zero-order valence-electron chi connectivity index (χ0n) is 18.5. The van der Waals surface area contributed by atoms with Gasteiger partial charge in [-0.3, -0.25) is 0 Å². The monoisotopic (exact) mass is 479 g/mol. The standard InChI is InChI=1S/C27H30BrNO2/c1-5-8-23-15-22(17-29-25-10-7-9-19(3)20(25)4)16-26(30-6-2)27(23)31-18-21-11-13-24(28)14-12-21/h5,7,9-16,29H,1,6,8,17-18H2,2-4H3. The second-order valence-electron chi connectivity index (χ2n) is 7.52. The van der Waals surface area contributed by atoms with Gasteiger partial charge in [0.1, 0.15) is 6.61 Å². The average Bonchev–Trinajstić information content (AvgIpc) is 2.76. The summed E-state index contributed by atoms with van der Waals surface area (Å²) >= 11 is 3.48. The lowest BCUT2D eigenvalue weighted by Gasteiger charge is -2.18. The molecular formula is C27H30BrNO2. The van der Waals surface area contributed by atoms with Crippen LogP contribution in [0.4, 0.5) is 5.69 Å². The van der Waals surface area contributed by atoms with Gasteiger partial charge in [-0.15, -0.1) is 6.58 Å². The lowest BCUT2D eigenvalue weighted by Crippen LogP contribution is -2.06. The number of nitrogens with one attached hydrogen (secondary N) is 1. The van der Waals surface area contributed by atoms with Crippen LogP contribution in [-0.4, -0.2) is 6.61 Å². The number of hydrogen-bond donors (Lipinski definition) is 1. The Balaban J connectivity index is 1.85. The number of hydrogen-bond acceptors (Lipinski definition) is 3. The van der Waals surface area contributed by atoms with Crippen LogP contribution in [0.25, 0.3) is 0 Å². The number of rotatable bonds is 10. The maximum absolute atomic E-state index is 6.24. The first kappa shape index (κ1) is 23.0. The highest BCUT2D eigenvalue weighted by Crippen LogP contribution is 2.35. The van der Waals surface area contributed by atoms with Crippen LogP contribution in [-0.2, 0) is 19.6 Å². The summed E-state index contributed by atoms with van der Waals surface area (Å²) in [6.45, 7) is 12.0. The molecular weight excluding hydrogens is 450 g/mol. The van der Waals surface area contributed by atoms with Crippen LogP contribution >= 0.6 is 15.9 Å². The molecule has 0 aromatic heterocycles. The maximum atomic E-state index is 6.24. The van der Waals surface area contributed by atoms with E-state index in [9.17, 15) is 0 Å². The quantitative estimate of drug-likeness (QED) is 0.307. The first-order chi connectivity index (χ1) is 15.0. The van der Waals surface area contributed by atoms with E-state index in [1.807, 2.05) is 25.1 Å². The Morgan fingerprint density at radius 1 is 1.00 bits per heavy atom.